The maximum Gasteiger partial charge on any atom is 0.573 e. The van der Waals surface area contributed by atoms with Crippen molar-refractivity contribution in [3.8, 4) is 5.75 Å². The summed E-state index contributed by atoms with van der Waals surface area (Å²) in [6, 6.07) is 7.85. The van der Waals surface area contributed by atoms with Crippen molar-refractivity contribution >= 4 is 27.4 Å². The van der Waals surface area contributed by atoms with Crippen LogP contribution in [0.1, 0.15) is 5.56 Å². The first kappa shape index (κ1) is 14.6. The Balaban J connectivity index is 1.81. The molecule has 3 rings (SSSR count). The zero-order chi connectivity index (χ0) is 15.6. The molecule has 3 aromatic rings. The maximum atomic E-state index is 12.4. The lowest BCUT2D eigenvalue weighted by Crippen LogP contribution is -2.18. The van der Waals surface area contributed by atoms with Crippen molar-refractivity contribution < 1.29 is 17.9 Å². The van der Waals surface area contributed by atoms with Gasteiger partial charge in [0.05, 0.1) is 10.2 Å². The van der Waals surface area contributed by atoms with Gasteiger partial charge in [0.1, 0.15) is 17.9 Å². The predicted molar refractivity (Wildman–Crippen MR) is 77.9 cm³/mol. The summed E-state index contributed by atoms with van der Waals surface area (Å²) < 4.78 is 42.1. The maximum absolute atomic E-state index is 12.4. The van der Waals surface area contributed by atoms with Gasteiger partial charge in [-0.2, -0.15) is 0 Å². The van der Waals surface area contributed by atoms with Gasteiger partial charge in [-0.25, -0.2) is 9.97 Å². The van der Waals surface area contributed by atoms with Crippen LogP contribution in [0.4, 0.5) is 19.0 Å². The summed E-state index contributed by atoms with van der Waals surface area (Å²) in [7, 11) is 0. The molecule has 2 aromatic heterocycles. The van der Waals surface area contributed by atoms with Crippen molar-refractivity contribution in [3.63, 3.8) is 0 Å². The van der Waals surface area contributed by atoms with E-state index in [1.807, 2.05) is 11.4 Å². The van der Waals surface area contributed by atoms with Crippen LogP contribution in [-0.4, -0.2) is 16.3 Å². The lowest BCUT2D eigenvalue weighted by molar-refractivity contribution is -0.274. The Morgan fingerprint density at radius 1 is 1.14 bits per heavy atom. The van der Waals surface area contributed by atoms with Crippen LogP contribution in [-0.2, 0) is 6.54 Å². The van der Waals surface area contributed by atoms with Gasteiger partial charge in [-0.1, -0.05) is 18.2 Å². The Morgan fingerprint density at radius 3 is 2.77 bits per heavy atom. The number of halogens is 3. The van der Waals surface area contributed by atoms with Gasteiger partial charge in [0, 0.05) is 12.1 Å². The molecule has 0 saturated heterocycles. The van der Waals surface area contributed by atoms with Crippen LogP contribution < -0.4 is 10.1 Å². The summed E-state index contributed by atoms with van der Waals surface area (Å²) in [5, 5.41) is 4.91. The Bertz CT molecular complexity index is 788. The van der Waals surface area contributed by atoms with Gasteiger partial charge in [-0.3, -0.25) is 0 Å². The van der Waals surface area contributed by atoms with Crippen molar-refractivity contribution in [2.24, 2.45) is 0 Å². The van der Waals surface area contributed by atoms with Crippen LogP contribution in [0, 0.1) is 0 Å². The van der Waals surface area contributed by atoms with Gasteiger partial charge in [-0.05, 0) is 17.5 Å². The first-order valence-corrected chi connectivity index (χ1v) is 7.16. The first-order valence-electron chi connectivity index (χ1n) is 6.29. The Labute approximate surface area is 127 Å². The highest BCUT2D eigenvalue weighted by Crippen LogP contribution is 2.28. The molecule has 0 aliphatic carbocycles. The number of anilines is 1. The molecule has 114 valence electrons. The van der Waals surface area contributed by atoms with Crippen molar-refractivity contribution in [1.29, 1.82) is 0 Å². The number of alkyl halides is 3. The first-order chi connectivity index (χ1) is 10.5. The third kappa shape index (κ3) is 3.28. The molecule has 4 nitrogen and oxygen atoms in total. The number of fused-ring (bicyclic) bond motifs is 1. The summed E-state index contributed by atoms with van der Waals surface area (Å²) in [4.78, 5) is 8.23. The number of para-hydroxylation sites is 1. The third-order valence-electron chi connectivity index (χ3n) is 2.89. The normalized spacial score (nSPS) is 11.6. The zero-order valence-electron chi connectivity index (χ0n) is 11.1. The fourth-order valence-corrected chi connectivity index (χ4v) is 2.78. The van der Waals surface area contributed by atoms with Crippen molar-refractivity contribution in [3.05, 3.63) is 47.6 Å². The monoisotopic (exact) mass is 325 g/mol. The molecule has 22 heavy (non-hydrogen) atoms. The predicted octanol–water partition coefficient (Wildman–Crippen LogP) is 4.20. The number of ether oxygens (including phenoxy) is 1. The number of nitrogens with zero attached hydrogens (tertiary/aromatic N) is 2. The van der Waals surface area contributed by atoms with E-state index in [4.69, 9.17) is 0 Å². The van der Waals surface area contributed by atoms with Crippen LogP contribution in [0.15, 0.2) is 42.0 Å². The van der Waals surface area contributed by atoms with Crippen molar-refractivity contribution in [2.45, 2.75) is 12.9 Å². The minimum Gasteiger partial charge on any atom is -0.405 e. The molecular formula is C14H10F3N3OS. The van der Waals surface area contributed by atoms with E-state index in [0.717, 1.165) is 10.2 Å². The second kappa shape index (κ2) is 5.80. The smallest absolute Gasteiger partial charge is 0.405 e. The van der Waals surface area contributed by atoms with Crippen LogP contribution in [0.2, 0.25) is 0 Å². The standard InChI is InChI=1S/C14H10F3N3OS/c15-14(16,17)21-11-4-2-1-3-9(11)7-18-13-12-10(5-6-22-12)19-8-20-13/h1-6,8H,7H2,(H,18,19,20). The van der Waals surface area contributed by atoms with E-state index in [-0.39, 0.29) is 12.3 Å². The molecule has 8 heteroatoms. The van der Waals surface area contributed by atoms with E-state index in [1.54, 1.807) is 12.1 Å². The topological polar surface area (TPSA) is 47.0 Å². The number of rotatable bonds is 4. The lowest BCUT2D eigenvalue weighted by Gasteiger charge is -2.14. The molecule has 2 heterocycles. The summed E-state index contributed by atoms with van der Waals surface area (Å²) >= 11 is 1.46. The van der Waals surface area contributed by atoms with Crippen LogP contribution >= 0.6 is 11.3 Å². The molecule has 0 fully saturated rings. The van der Waals surface area contributed by atoms with E-state index in [9.17, 15) is 13.2 Å². The Morgan fingerprint density at radius 2 is 1.95 bits per heavy atom. The number of hydrogen-bond donors (Lipinski definition) is 1. The van der Waals surface area contributed by atoms with Gasteiger partial charge < -0.3 is 10.1 Å². The molecule has 0 atom stereocenters. The molecule has 0 aliphatic heterocycles. The van der Waals surface area contributed by atoms with Crippen LogP contribution in [0.3, 0.4) is 0 Å². The molecule has 0 radical (unpaired) electrons. The van der Waals surface area contributed by atoms with Crippen LogP contribution in [0.25, 0.3) is 10.2 Å². The van der Waals surface area contributed by atoms with Crippen molar-refractivity contribution in [2.75, 3.05) is 5.32 Å². The summed E-state index contributed by atoms with van der Waals surface area (Å²) in [6.07, 6.45) is -3.30. The van der Waals surface area contributed by atoms with Gasteiger partial charge in [0.2, 0.25) is 0 Å². The van der Waals surface area contributed by atoms with Gasteiger partial charge >= 0.3 is 6.36 Å². The Kier molecular flexibility index (Phi) is 3.84. The highest BCUT2D eigenvalue weighted by molar-refractivity contribution is 7.17. The van der Waals surface area contributed by atoms with Gasteiger partial charge in [0.15, 0.2) is 0 Å². The van der Waals surface area contributed by atoms with Gasteiger partial charge in [0.25, 0.3) is 0 Å². The average Bonchev–Trinajstić information content (AvgIpc) is 2.93. The minimum absolute atomic E-state index is 0.163. The average molecular weight is 325 g/mol. The molecule has 1 aromatic carbocycles. The molecule has 0 amide bonds. The largest absolute Gasteiger partial charge is 0.573 e. The summed E-state index contributed by atoms with van der Waals surface area (Å²) in [6.45, 7) is 0.163. The number of benzene rings is 1. The second-order valence-corrected chi connectivity index (χ2v) is 5.28. The molecule has 0 bridgehead atoms. The number of aromatic nitrogens is 2. The van der Waals surface area contributed by atoms with E-state index in [2.05, 4.69) is 20.0 Å². The van der Waals surface area contributed by atoms with Crippen molar-refractivity contribution in [1.82, 2.24) is 9.97 Å². The fourth-order valence-electron chi connectivity index (χ4n) is 1.97. The molecule has 0 saturated carbocycles. The van der Waals surface area contributed by atoms with Gasteiger partial charge in [-0.15, -0.1) is 24.5 Å². The quantitative estimate of drug-likeness (QED) is 0.781. The summed E-state index contributed by atoms with van der Waals surface area (Å²) in [5.74, 6) is 0.362. The molecule has 0 aliphatic rings. The zero-order valence-corrected chi connectivity index (χ0v) is 11.9. The number of thiophene rings is 1. The molecule has 1 N–H and O–H groups in total. The SMILES string of the molecule is FC(F)(F)Oc1ccccc1CNc1ncnc2ccsc12. The molecular weight excluding hydrogens is 315 g/mol. The number of nitrogens with one attached hydrogen (secondary N) is 1. The summed E-state index contributed by atoms with van der Waals surface area (Å²) in [5.41, 5.74) is 1.19. The molecule has 0 spiro atoms. The van der Waals surface area contributed by atoms with Crippen LogP contribution in [0.5, 0.6) is 5.75 Å². The van der Waals surface area contributed by atoms with E-state index in [1.165, 1.54) is 29.8 Å². The van der Waals surface area contributed by atoms with E-state index in [0.29, 0.717) is 11.4 Å². The Hall–Kier alpha value is -2.35. The lowest BCUT2D eigenvalue weighted by atomic mass is 10.2. The third-order valence-corrected chi connectivity index (χ3v) is 3.80. The highest BCUT2D eigenvalue weighted by atomic mass is 32.1. The fraction of sp³-hybridized carbons (Fsp3) is 0.143. The molecule has 0 unspecified atom stereocenters. The highest BCUT2D eigenvalue weighted by Gasteiger charge is 2.31. The minimum atomic E-state index is -4.72. The van der Waals surface area contributed by atoms with E-state index >= 15 is 0 Å². The number of hydrogen-bond acceptors (Lipinski definition) is 5. The second-order valence-electron chi connectivity index (χ2n) is 4.37. The van der Waals surface area contributed by atoms with E-state index < -0.39 is 6.36 Å².